The molecule has 0 aliphatic heterocycles. The van der Waals surface area contributed by atoms with Gasteiger partial charge in [-0.15, -0.1) is 0 Å². The number of fused-ring (bicyclic) bond motifs is 1. The second-order valence-electron chi connectivity index (χ2n) is 9.34. The second-order valence-corrected chi connectivity index (χ2v) is 9.34. The zero-order chi connectivity index (χ0) is 28.2. The predicted octanol–water partition coefficient (Wildman–Crippen LogP) is 4.44. The number of nitrogen functional groups attached to an aromatic ring is 1. The van der Waals surface area contributed by atoms with Crippen LogP contribution in [-0.2, 0) is 17.8 Å². The molecule has 5 rings (SSSR count). The van der Waals surface area contributed by atoms with Crippen molar-refractivity contribution in [2.75, 3.05) is 10.7 Å². The number of aromatic nitrogens is 3. The van der Waals surface area contributed by atoms with Gasteiger partial charge in [0.1, 0.15) is 17.3 Å². The van der Waals surface area contributed by atoms with Crippen molar-refractivity contribution in [1.29, 1.82) is 0 Å². The summed E-state index contributed by atoms with van der Waals surface area (Å²) in [5.41, 5.74) is 9.05. The molecule has 0 atom stereocenters. The number of hydrogen-bond acceptors (Lipinski definition) is 8. The quantitative estimate of drug-likeness (QED) is 0.101. The molecule has 10 nitrogen and oxygen atoms in total. The molecule has 0 saturated heterocycles. The highest BCUT2D eigenvalue weighted by Crippen LogP contribution is 2.26. The Balaban J connectivity index is 1.47. The van der Waals surface area contributed by atoms with E-state index < -0.39 is 11.8 Å². The lowest BCUT2D eigenvalue weighted by atomic mass is 10.1. The van der Waals surface area contributed by atoms with Crippen molar-refractivity contribution < 1.29 is 18.8 Å². The molecule has 5 aromatic rings. The standard InChI is InChI=1S/C29H27FN6O4/c30-19-10-12-20(13-11-19)36-27(7-3-4-8-28(37)38)33-25-15-18(9-14-22(25)29(36)39)24-16-21(40-34-24)17-35(32)26-6-2-1-5-23(26)31/h1-2,5-6,9-16H,3-4,7-8,17,31-32H2,(H,37,38). The van der Waals surface area contributed by atoms with Crippen LogP contribution >= 0.6 is 0 Å². The van der Waals surface area contributed by atoms with E-state index in [9.17, 15) is 14.0 Å². The van der Waals surface area contributed by atoms with E-state index in [0.717, 1.165) is 0 Å². The molecular weight excluding hydrogens is 515 g/mol. The Labute approximate surface area is 228 Å². The number of carboxylic acids is 1. The van der Waals surface area contributed by atoms with Gasteiger partial charge in [-0.05, 0) is 61.4 Å². The highest BCUT2D eigenvalue weighted by Gasteiger charge is 2.16. The number of rotatable bonds is 10. The Morgan fingerprint density at radius 1 is 1.05 bits per heavy atom. The van der Waals surface area contributed by atoms with Gasteiger partial charge in [-0.3, -0.25) is 14.2 Å². The van der Waals surface area contributed by atoms with Gasteiger partial charge in [0.15, 0.2) is 5.76 Å². The number of aliphatic carboxylic acids is 1. The fraction of sp³-hybridized carbons (Fsp3) is 0.172. The first kappa shape index (κ1) is 26.6. The molecule has 204 valence electrons. The number of aryl methyl sites for hydroxylation is 1. The number of carboxylic acid groups (broad SMARTS) is 1. The van der Waals surface area contributed by atoms with Crippen molar-refractivity contribution in [3.8, 4) is 16.9 Å². The summed E-state index contributed by atoms with van der Waals surface area (Å²) in [6, 6.07) is 19.7. The third kappa shape index (κ3) is 5.69. The van der Waals surface area contributed by atoms with E-state index in [4.69, 9.17) is 26.2 Å². The first-order valence-electron chi connectivity index (χ1n) is 12.7. The lowest BCUT2D eigenvalue weighted by molar-refractivity contribution is -0.137. The van der Waals surface area contributed by atoms with Crippen molar-refractivity contribution >= 4 is 28.2 Å². The van der Waals surface area contributed by atoms with Gasteiger partial charge < -0.3 is 20.4 Å². The molecule has 3 aromatic carbocycles. The largest absolute Gasteiger partial charge is 0.481 e. The van der Waals surface area contributed by atoms with Crippen LogP contribution < -0.4 is 22.1 Å². The summed E-state index contributed by atoms with van der Waals surface area (Å²) in [6.45, 7) is 0.232. The Hall–Kier alpha value is -5.03. The van der Waals surface area contributed by atoms with Gasteiger partial charge in [-0.1, -0.05) is 23.4 Å². The molecule has 0 fully saturated rings. The van der Waals surface area contributed by atoms with Crippen molar-refractivity contribution in [2.45, 2.75) is 32.2 Å². The fourth-order valence-electron chi connectivity index (χ4n) is 4.50. The number of nitrogens with zero attached hydrogens (tertiary/aromatic N) is 4. The molecule has 0 amide bonds. The molecule has 40 heavy (non-hydrogen) atoms. The lowest BCUT2D eigenvalue weighted by Gasteiger charge is -2.18. The number of hydrazine groups is 1. The molecule has 2 aromatic heterocycles. The molecule has 0 aliphatic carbocycles. The lowest BCUT2D eigenvalue weighted by Crippen LogP contribution is -2.30. The second kappa shape index (κ2) is 11.4. The van der Waals surface area contributed by atoms with Gasteiger partial charge in [-0.2, -0.15) is 0 Å². The highest BCUT2D eigenvalue weighted by atomic mass is 19.1. The van der Waals surface area contributed by atoms with Crippen LogP contribution in [0.5, 0.6) is 0 Å². The minimum Gasteiger partial charge on any atom is -0.481 e. The number of para-hydroxylation sites is 2. The Morgan fingerprint density at radius 2 is 1.82 bits per heavy atom. The Morgan fingerprint density at radius 3 is 2.58 bits per heavy atom. The molecule has 0 aliphatic rings. The van der Waals surface area contributed by atoms with E-state index in [1.165, 1.54) is 33.8 Å². The van der Waals surface area contributed by atoms with Crippen LogP contribution in [0.25, 0.3) is 27.8 Å². The summed E-state index contributed by atoms with van der Waals surface area (Å²) < 4.78 is 20.5. The molecule has 0 bridgehead atoms. The van der Waals surface area contributed by atoms with E-state index >= 15 is 0 Å². The van der Waals surface area contributed by atoms with Gasteiger partial charge in [0.2, 0.25) is 0 Å². The van der Waals surface area contributed by atoms with Gasteiger partial charge in [0, 0.05) is 24.5 Å². The van der Waals surface area contributed by atoms with Crippen LogP contribution in [0.15, 0.2) is 82.1 Å². The number of halogens is 1. The van der Waals surface area contributed by atoms with Crippen LogP contribution in [0.3, 0.4) is 0 Å². The van der Waals surface area contributed by atoms with Crippen LogP contribution in [-0.4, -0.2) is 25.8 Å². The van der Waals surface area contributed by atoms with Gasteiger partial charge >= 0.3 is 5.97 Å². The van der Waals surface area contributed by atoms with E-state index in [0.29, 0.717) is 70.1 Å². The summed E-state index contributed by atoms with van der Waals surface area (Å²) in [6.07, 6.45) is 1.33. The SMILES string of the molecule is Nc1ccccc1N(N)Cc1cc(-c2ccc3c(=O)n(-c4ccc(F)cc4)c(CCCCC(=O)O)nc3c2)no1. The minimum atomic E-state index is -0.885. The number of nitrogens with two attached hydrogens (primary N) is 2. The zero-order valence-electron chi connectivity index (χ0n) is 21.5. The van der Waals surface area contributed by atoms with E-state index in [2.05, 4.69) is 5.16 Å². The highest BCUT2D eigenvalue weighted by molar-refractivity contribution is 5.83. The van der Waals surface area contributed by atoms with Crippen molar-refractivity contribution in [1.82, 2.24) is 14.7 Å². The monoisotopic (exact) mass is 542 g/mol. The number of anilines is 2. The molecule has 0 radical (unpaired) electrons. The molecule has 11 heteroatoms. The number of hydrogen-bond donors (Lipinski definition) is 3. The summed E-state index contributed by atoms with van der Waals surface area (Å²) >= 11 is 0. The number of unbranched alkanes of at least 4 members (excludes halogenated alkanes) is 1. The third-order valence-corrected chi connectivity index (χ3v) is 6.49. The van der Waals surface area contributed by atoms with Crippen LogP contribution in [0.1, 0.15) is 30.8 Å². The molecular formula is C29H27FN6O4. The van der Waals surface area contributed by atoms with Gasteiger partial charge in [-0.25, -0.2) is 15.2 Å². The van der Waals surface area contributed by atoms with Crippen molar-refractivity contribution in [3.05, 3.63) is 101 Å². The van der Waals surface area contributed by atoms with Crippen molar-refractivity contribution in [2.24, 2.45) is 5.84 Å². The number of benzene rings is 3. The Bertz CT molecular complexity index is 1730. The summed E-state index contributed by atoms with van der Waals surface area (Å²) in [5, 5.41) is 15.0. The molecule has 5 N–H and O–H groups in total. The van der Waals surface area contributed by atoms with Crippen LogP contribution in [0, 0.1) is 5.82 Å². The minimum absolute atomic E-state index is 0.0180. The van der Waals surface area contributed by atoms with Crippen LogP contribution in [0.4, 0.5) is 15.8 Å². The molecule has 2 heterocycles. The normalized spacial score (nSPS) is 11.2. The summed E-state index contributed by atoms with van der Waals surface area (Å²) in [4.78, 5) is 29.3. The third-order valence-electron chi connectivity index (χ3n) is 6.49. The van der Waals surface area contributed by atoms with E-state index in [1.54, 1.807) is 36.4 Å². The first-order chi connectivity index (χ1) is 19.3. The average Bonchev–Trinajstić information content (AvgIpc) is 3.40. The van der Waals surface area contributed by atoms with E-state index in [-0.39, 0.29) is 18.5 Å². The van der Waals surface area contributed by atoms with Gasteiger partial charge in [0.25, 0.3) is 5.56 Å². The average molecular weight is 543 g/mol. The topological polar surface area (TPSA) is 154 Å². The van der Waals surface area contributed by atoms with Gasteiger partial charge in [0.05, 0.1) is 34.5 Å². The van der Waals surface area contributed by atoms with Crippen molar-refractivity contribution in [3.63, 3.8) is 0 Å². The predicted molar refractivity (Wildman–Crippen MR) is 149 cm³/mol. The maximum atomic E-state index is 13.6. The maximum absolute atomic E-state index is 13.6. The number of carbonyl (C=O) groups is 1. The summed E-state index contributed by atoms with van der Waals surface area (Å²) in [7, 11) is 0. The molecule has 0 saturated carbocycles. The zero-order valence-corrected chi connectivity index (χ0v) is 21.5. The molecule has 0 spiro atoms. The fourth-order valence-corrected chi connectivity index (χ4v) is 4.50. The van der Waals surface area contributed by atoms with E-state index in [1.807, 2.05) is 12.1 Å². The Kier molecular flexibility index (Phi) is 7.56. The van der Waals surface area contributed by atoms with Crippen LogP contribution in [0.2, 0.25) is 0 Å². The first-order valence-corrected chi connectivity index (χ1v) is 12.7. The summed E-state index contributed by atoms with van der Waals surface area (Å²) in [5.74, 6) is 5.84. The maximum Gasteiger partial charge on any atom is 0.303 e. The molecule has 0 unspecified atom stereocenters. The smallest absolute Gasteiger partial charge is 0.303 e.